The van der Waals surface area contributed by atoms with Gasteiger partial charge in [0.2, 0.25) is 0 Å². The van der Waals surface area contributed by atoms with Gasteiger partial charge in [0, 0.05) is 12.5 Å². The van der Waals surface area contributed by atoms with Crippen molar-refractivity contribution < 1.29 is 15.3 Å². The van der Waals surface area contributed by atoms with Crippen molar-refractivity contribution in [1.29, 1.82) is 0 Å². The van der Waals surface area contributed by atoms with Crippen LogP contribution in [0.25, 0.3) is 0 Å². The van der Waals surface area contributed by atoms with Gasteiger partial charge in [-0.05, 0) is 41.3 Å². The zero-order chi connectivity index (χ0) is 16.6. The summed E-state index contributed by atoms with van der Waals surface area (Å²) in [5.41, 5.74) is 2.27. The Bertz CT molecular complexity index is 749. The van der Waals surface area contributed by atoms with Crippen molar-refractivity contribution in [2.75, 3.05) is 13.1 Å². The van der Waals surface area contributed by atoms with Crippen LogP contribution in [-0.2, 0) is 6.42 Å². The highest BCUT2D eigenvalue weighted by molar-refractivity contribution is 6.33. The number of hydrogen-bond acceptors (Lipinski definition) is 5. The molecule has 2 aromatic carbocycles. The molecule has 0 amide bonds. The first-order valence-corrected chi connectivity index (χ1v) is 7.49. The number of fused-ring (bicyclic) bond motifs is 1. The lowest BCUT2D eigenvalue weighted by atomic mass is 9.87. The molecule has 0 fully saturated rings. The molecule has 1 aliphatic heterocycles. The maximum Gasteiger partial charge on any atom is 0.176 e. The molecule has 1 atom stereocenters. The van der Waals surface area contributed by atoms with Gasteiger partial charge in [0.25, 0.3) is 0 Å². The SMILES string of the molecule is O=NN1CCc2c(cc(O)c(O)c2Cl)C(c2ccc(O)cc2)C1. The van der Waals surface area contributed by atoms with Crippen LogP contribution in [0.1, 0.15) is 22.6 Å². The summed E-state index contributed by atoms with van der Waals surface area (Å²) < 4.78 is 0. The number of rotatable bonds is 2. The molecule has 6 nitrogen and oxygen atoms in total. The van der Waals surface area contributed by atoms with E-state index in [0.29, 0.717) is 25.1 Å². The predicted molar refractivity (Wildman–Crippen MR) is 85.8 cm³/mol. The van der Waals surface area contributed by atoms with Gasteiger partial charge in [0.15, 0.2) is 11.5 Å². The Balaban J connectivity index is 2.17. The van der Waals surface area contributed by atoms with Crippen LogP contribution >= 0.6 is 11.6 Å². The molecular formula is C16H15ClN2O4. The van der Waals surface area contributed by atoms with Crippen LogP contribution in [0, 0.1) is 4.91 Å². The average Bonchev–Trinajstić information content (AvgIpc) is 2.73. The van der Waals surface area contributed by atoms with Gasteiger partial charge in [-0.1, -0.05) is 23.7 Å². The molecule has 1 aliphatic rings. The van der Waals surface area contributed by atoms with E-state index in [1.165, 1.54) is 11.1 Å². The summed E-state index contributed by atoms with van der Waals surface area (Å²) in [4.78, 5) is 11.0. The highest BCUT2D eigenvalue weighted by Gasteiger charge is 2.28. The molecule has 0 aromatic heterocycles. The van der Waals surface area contributed by atoms with Crippen LogP contribution in [0.2, 0.25) is 5.02 Å². The summed E-state index contributed by atoms with van der Waals surface area (Å²) in [6, 6.07) is 8.08. The number of benzene rings is 2. The van der Waals surface area contributed by atoms with Crippen LogP contribution in [0.15, 0.2) is 35.6 Å². The Morgan fingerprint density at radius 1 is 1.17 bits per heavy atom. The maximum absolute atomic E-state index is 11.0. The monoisotopic (exact) mass is 334 g/mol. The predicted octanol–water partition coefficient (Wildman–Crippen LogP) is 3.13. The second-order valence-electron chi connectivity index (χ2n) is 5.51. The van der Waals surface area contributed by atoms with E-state index in [1.807, 2.05) is 0 Å². The van der Waals surface area contributed by atoms with Crippen molar-refractivity contribution in [3.05, 3.63) is 57.0 Å². The molecule has 120 valence electrons. The minimum absolute atomic E-state index is 0.0940. The third kappa shape index (κ3) is 2.77. The molecule has 0 radical (unpaired) electrons. The van der Waals surface area contributed by atoms with Crippen LogP contribution in [0.5, 0.6) is 17.2 Å². The lowest BCUT2D eigenvalue weighted by Crippen LogP contribution is -2.23. The van der Waals surface area contributed by atoms with Gasteiger partial charge in [-0.25, -0.2) is 0 Å². The van der Waals surface area contributed by atoms with E-state index in [4.69, 9.17) is 11.6 Å². The van der Waals surface area contributed by atoms with E-state index in [1.54, 1.807) is 24.3 Å². The molecule has 7 heteroatoms. The first-order valence-electron chi connectivity index (χ1n) is 7.11. The van der Waals surface area contributed by atoms with Crippen molar-refractivity contribution >= 4 is 11.6 Å². The summed E-state index contributed by atoms with van der Waals surface area (Å²) in [5.74, 6) is -0.790. The van der Waals surface area contributed by atoms with Crippen molar-refractivity contribution in [2.24, 2.45) is 5.29 Å². The smallest absolute Gasteiger partial charge is 0.176 e. The molecule has 0 aliphatic carbocycles. The van der Waals surface area contributed by atoms with E-state index in [9.17, 15) is 20.2 Å². The number of nitroso groups, excluding NO2 is 1. The standard InChI is InChI=1S/C16H15ClN2O4/c17-15-11-5-6-19(18-23)8-13(9-1-3-10(20)4-2-9)12(11)7-14(21)16(15)22/h1-4,7,13,20-22H,5-6,8H2. The third-order valence-corrected chi connectivity index (χ3v) is 4.56. The van der Waals surface area contributed by atoms with Crippen LogP contribution in [0.4, 0.5) is 0 Å². The first kappa shape index (κ1) is 15.4. The number of halogens is 1. The molecule has 1 unspecified atom stereocenters. The minimum Gasteiger partial charge on any atom is -0.508 e. The number of phenols is 3. The average molecular weight is 335 g/mol. The summed E-state index contributed by atoms with van der Waals surface area (Å²) >= 11 is 6.18. The van der Waals surface area contributed by atoms with E-state index >= 15 is 0 Å². The largest absolute Gasteiger partial charge is 0.508 e. The van der Waals surface area contributed by atoms with Crippen LogP contribution in [0.3, 0.4) is 0 Å². The third-order valence-electron chi connectivity index (χ3n) is 4.16. The molecule has 0 bridgehead atoms. The van der Waals surface area contributed by atoms with Gasteiger partial charge in [-0.15, -0.1) is 4.91 Å². The number of hydrogen-bond donors (Lipinski definition) is 3. The Morgan fingerprint density at radius 3 is 2.52 bits per heavy atom. The van der Waals surface area contributed by atoms with Crippen LogP contribution in [-0.4, -0.2) is 33.4 Å². The fraction of sp³-hybridized carbons (Fsp3) is 0.250. The zero-order valence-electron chi connectivity index (χ0n) is 12.1. The Labute approximate surface area is 137 Å². The van der Waals surface area contributed by atoms with Crippen molar-refractivity contribution in [1.82, 2.24) is 5.01 Å². The Hall–Kier alpha value is -2.47. The van der Waals surface area contributed by atoms with Crippen LogP contribution < -0.4 is 0 Å². The van der Waals surface area contributed by atoms with Crippen molar-refractivity contribution in [3.63, 3.8) is 0 Å². The summed E-state index contributed by atoms with van der Waals surface area (Å²) in [6.45, 7) is 0.691. The van der Waals surface area contributed by atoms with E-state index in [2.05, 4.69) is 5.29 Å². The molecule has 0 saturated heterocycles. The van der Waals surface area contributed by atoms with E-state index in [-0.39, 0.29) is 28.2 Å². The van der Waals surface area contributed by atoms with Gasteiger partial charge >= 0.3 is 0 Å². The second-order valence-corrected chi connectivity index (χ2v) is 5.89. The van der Waals surface area contributed by atoms with Gasteiger partial charge in [0.05, 0.1) is 16.9 Å². The van der Waals surface area contributed by atoms with E-state index in [0.717, 1.165) is 11.1 Å². The quantitative estimate of drug-likeness (QED) is 0.579. The van der Waals surface area contributed by atoms with Gasteiger partial charge < -0.3 is 15.3 Å². The fourth-order valence-corrected chi connectivity index (χ4v) is 3.26. The highest BCUT2D eigenvalue weighted by Crippen LogP contribution is 2.43. The second kappa shape index (κ2) is 5.96. The summed E-state index contributed by atoms with van der Waals surface area (Å²) in [7, 11) is 0. The molecule has 1 heterocycles. The summed E-state index contributed by atoms with van der Waals surface area (Å²) in [6.07, 6.45) is 0.433. The molecular weight excluding hydrogens is 320 g/mol. The number of nitrogens with zero attached hydrogens (tertiary/aromatic N) is 2. The van der Waals surface area contributed by atoms with Crippen molar-refractivity contribution in [3.8, 4) is 17.2 Å². The zero-order valence-corrected chi connectivity index (χ0v) is 12.9. The van der Waals surface area contributed by atoms with Gasteiger partial charge in [-0.2, -0.15) is 0 Å². The molecule has 23 heavy (non-hydrogen) atoms. The highest BCUT2D eigenvalue weighted by atomic mass is 35.5. The number of aromatic hydroxyl groups is 3. The normalized spacial score (nSPS) is 17.4. The minimum atomic E-state index is -0.359. The maximum atomic E-state index is 11.0. The van der Waals surface area contributed by atoms with Gasteiger partial charge in [-0.3, -0.25) is 5.01 Å². The van der Waals surface area contributed by atoms with Crippen molar-refractivity contribution in [2.45, 2.75) is 12.3 Å². The molecule has 3 N–H and O–H groups in total. The Morgan fingerprint density at radius 2 is 1.87 bits per heavy atom. The molecule has 3 rings (SSSR count). The first-order chi connectivity index (χ1) is 11.0. The van der Waals surface area contributed by atoms with Gasteiger partial charge in [0.1, 0.15) is 5.75 Å². The summed E-state index contributed by atoms with van der Waals surface area (Å²) in [5, 5.41) is 33.7. The fourth-order valence-electron chi connectivity index (χ4n) is 2.96. The molecule has 0 spiro atoms. The number of phenolic OH excluding ortho intramolecular Hbond substituents is 3. The lowest BCUT2D eigenvalue weighted by Gasteiger charge is -2.21. The van der Waals surface area contributed by atoms with E-state index < -0.39 is 0 Å². The molecule has 0 saturated carbocycles. The topological polar surface area (TPSA) is 93.4 Å². The lowest BCUT2D eigenvalue weighted by molar-refractivity contribution is 0.287. The molecule has 2 aromatic rings. The Kier molecular flexibility index (Phi) is 4.00.